The fourth-order valence-electron chi connectivity index (χ4n) is 3.86. The van der Waals surface area contributed by atoms with Crippen LogP contribution in [0.15, 0.2) is 36.4 Å². The molecule has 0 aliphatic rings. The molecule has 2 aromatic rings. The van der Waals surface area contributed by atoms with Crippen LogP contribution >= 0.6 is 0 Å². The molecule has 8 heteroatoms. The summed E-state index contributed by atoms with van der Waals surface area (Å²) in [5.41, 5.74) is 2.01. The minimum atomic E-state index is -1.15. The molecular formula is C30H48N2O6. The van der Waals surface area contributed by atoms with Gasteiger partial charge in [0.1, 0.15) is 11.5 Å². The highest BCUT2D eigenvalue weighted by Crippen LogP contribution is 2.35. The van der Waals surface area contributed by atoms with Crippen LogP contribution in [0.4, 0.5) is 0 Å². The molecule has 0 heterocycles. The maximum Gasteiger partial charge on any atom is 0.122 e. The zero-order valence-corrected chi connectivity index (χ0v) is 23.9. The zero-order valence-electron chi connectivity index (χ0n) is 23.9. The van der Waals surface area contributed by atoms with Crippen LogP contribution in [0, 0.1) is 13.8 Å². The van der Waals surface area contributed by atoms with E-state index in [4.69, 9.17) is 9.47 Å². The number of nitrogens with one attached hydrogen (secondary N) is 2. The lowest BCUT2D eigenvalue weighted by Crippen LogP contribution is -2.46. The molecule has 4 atom stereocenters. The molecular weight excluding hydrogens is 484 g/mol. The van der Waals surface area contributed by atoms with Crippen LogP contribution in [-0.4, -0.2) is 83.2 Å². The molecule has 0 amide bonds. The predicted molar refractivity (Wildman–Crippen MR) is 152 cm³/mol. The van der Waals surface area contributed by atoms with Crippen LogP contribution < -0.4 is 20.1 Å². The van der Waals surface area contributed by atoms with E-state index >= 15 is 0 Å². The first-order valence-corrected chi connectivity index (χ1v) is 13.5. The van der Waals surface area contributed by atoms with E-state index in [0.29, 0.717) is 39.4 Å². The Labute approximate surface area is 228 Å². The third-order valence-electron chi connectivity index (χ3n) is 7.14. The molecule has 0 radical (unpaired) electrons. The van der Waals surface area contributed by atoms with Crippen LogP contribution in [0.5, 0.6) is 11.5 Å². The summed E-state index contributed by atoms with van der Waals surface area (Å²) < 4.78 is 12.1. The van der Waals surface area contributed by atoms with Crippen molar-refractivity contribution in [3.63, 3.8) is 0 Å². The van der Waals surface area contributed by atoms with E-state index in [1.165, 1.54) is 0 Å². The minimum absolute atomic E-state index is 0.318. The summed E-state index contributed by atoms with van der Waals surface area (Å²) in [5.74, 6) is 1.67. The molecule has 4 unspecified atom stereocenters. The number of hydrogen-bond donors (Lipinski definition) is 6. The number of benzene rings is 2. The molecule has 0 aliphatic heterocycles. The van der Waals surface area contributed by atoms with Crippen molar-refractivity contribution >= 4 is 0 Å². The number of hydrogen-bond acceptors (Lipinski definition) is 8. The van der Waals surface area contributed by atoms with Gasteiger partial charge < -0.3 is 40.5 Å². The van der Waals surface area contributed by atoms with Gasteiger partial charge in [-0.1, -0.05) is 24.3 Å². The second kappa shape index (κ2) is 14.8. The van der Waals surface area contributed by atoms with E-state index in [1.54, 1.807) is 27.7 Å². The van der Waals surface area contributed by atoms with Gasteiger partial charge in [0.25, 0.3) is 0 Å². The third kappa shape index (κ3) is 9.52. The Morgan fingerprint density at radius 3 is 1.42 bits per heavy atom. The van der Waals surface area contributed by atoms with E-state index in [0.717, 1.165) is 46.6 Å². The Kier molecular flexibility index (Phi) is 12.5. The summed E-state index contributed by atoms with van der Waals surface area (Å²) in [6, 6.07) is 12.1. The molecule has 38 heavy (non-hydrogen) atoms. The van der Waals surface area contributed by atoms with Gasteiger partial charge in [-0.15, -0.1) is 0 Å². The van der Waals surface area contributed by atoms with Gasteiger partial charge in [0, 0.05) is 13.1 Å². The van der Waals surface area contributed by atoms with Crippen molar-refractivity contribution in [2.75, 3.05) is 39.4 Å². The van der Waals surface area contributed by atoms with Gasteiger partial charge in [-0.25, -0.2) is 0 Å². The van der Waals surface area contributed by atoms with Crippen LogP contribution in [0.25, 0.3) is 11.1 Å². The first-order chi connectivity index (χ1) is 17.9. The average molecular weight is 533 g/mol. The summed E-state index contributed by atoms with van der Waals surface area (Å²) in [4.78, 5) is 0. The first-order valence-electron chi connectivity index (χ1n) is 13.5. The van der Waals surface area contributed by atoms with Crippen molar-refractivity contribution in [1.82, 2.24) is 10.6 Å². The molecule has 0 aliphatic carbocycles. The Balaban J connectivity index is 1.89. The first kappa shape index (κ1) is 32.0. The highest BCUT2D eigenvalue weighted by atomic mass is 16.5. The summed E-state index contributed by atoms with van der Waals surface area (Å²) in [7, 11) is 0. The van der Waals surface area contributed by atoms with Gasteiger partial charge in [0.05, 0.1) is 36.6 Å². The van der Waals surface area contributed by atoms with E-state index < -0.39 is 23.4 Å². The monoisotopic (exact) mass is 532 g/mol. The van der Waals surface area contributed by atoms with E-state index in [1.807, 2.05) is 24.3 Å². The van der Waals surface area contributed by atoms with Crippen LogP contribution in [0.1, 0.15) is 51.7 Å². The van der Waals surface area contributed by atoms with Crippen molar-refractivity contribution < 1.29 is 29.9 Å². The van der Waals surface area contributed by atoms with Crippen molar-refractivity contribution in [3.05, 3.63) is 47.5 Å². The second-order valence-electron chi connectivity index (χ2n) is 10.7. The normalized spacial score (nSPS) is 16.4. The Morgan fingerprint density at radius 1 is 0.711 bits per heavy atom. The molecule has 2 rings (SSSR count). The van der Waals surface area contributed by atoms with Crippen LogP contribution in [0.2, 0.25) is 0 Å². The Morgan fingerprint density at radius 2 is 1.08 bits per heavy atom. The molecule has 6 N–H and O–H groups in total. The fourth-order valence-corrected chi connectivity index (χ4v) is 3.86. The van der Waals surface area contributed by atoms with Gasteiger partial charge in [0.15, 0.2) is 0 Å². The molecule has 0 saturated carbocycles. The average Bonchev–Trinajstić information content (AvgIpc) is 2.85. The summed E-state index contributed by atoms with van der Waals surface area (Å²) in [6.07, 6.45) is -0.0575. The van der Waals surface area contributed by atoms with Gasteiger partial charge in [-0.3, -0.25) is 0 Å². The standard InChI is InChI=1S/C30H48N2O6/c1-21-25(11-7-13-27(21)37-17-9-15-31-19-29(5,35)23(3)33)26-12-8-14-28(22(26)2)38-18-10-16-32-20-30(6,36)24(4)34/h7-8,11-14,23-24,31-36H,9-10,15-20H2,1-6H3. The van der Waals surface area contributed by atoms with Crippen molar-refractivity contribution in [3.8, 4) is 22.6 Å². The van der Waals surface area contributed by atoms with Gasteiger partial charge in [-0.05, 0) is 102 Å². The number of aliphatic hydroxyl groups excluding tert-OH is 2. The molecule has 0 bridgehead atoms. The molecule has 0 aromatic heterocycles. The Hall–Kier alpha value is -2.20. The summed E-state index contributed by atoms with van der Waals surface area (Å²) in [6.45, 7) is 13.6. The van der Waals surface area contributed by atoms with Crippen LogP contribution in [-0.2, 0) is 0 Å². The topological polar surface area (TPSA) is 123 Å². The summed E-state index contributed by atoms with van der Waals surface area (Å²) in [5, 5.41) is 45.7. The molecule has 0 spiro atoms. The largest absolute Gasteiger partial charge is 0.493 e. The van der Waals surface area contributed by atoms with Crippen LogP contribution in [0.3, 0.4) is 0 Å². The van der Waals surface area contributed by atoms with E-state index in [-0.39, 0.29) is 0 Å². The lowest BCUT2D eigenvalue weighted by molar-refractivity contribution is -0.0501. The van der Waals surface area contributed by atoms with E-state index in [9.17, 15) is 20.4 Å². The zero-order chi connectivity index (χ0) is 28.3. The smallest absolute Gasteiger partial charge is 0.122 e. The van der Waals surface area contributed by atoms with Gasteiger partial charge >= 0.3 is 0 Å². The maximum atomic E-state index is 10.1. The predicted octanol–water partition coefficient (Wildman–Crippen LogP) is 2.95. The second-order valence-corrected chi connectivity index (χ2v) is 10.7. The number of rotatable bonds is 17. The van der Waals surface area contributed by atoms with Gasteiger partial charge in [0.2, 0.25) is 0 Å². The summed E-state index contributed by atoms with van der Waals surface area (Å²) >= 11 is 0. The van der Waals surface area contributed by atoms with Gasteiger partial charge in [-0.2, -0.15) is 0 Å². The molecule has 2 aromatic carbocycles. The van der Waals surface area contributed by atoms with Crippen molar-refractivity contribution in [2.45, 2.75) is 77.8 Å². The lowest BCUT2D eigenvalue weighted by atomic mass is 9.95. The highest BCUT2D eigenvalue weighted by Gasteiger charge is 2.26. The molecule has 8 nitrogen and oxygen atoms in total. The SMILES string of the molecule is Cc1c(OCCCNCC(C)(O)C(C)O)cccc1-c1cccc(OCCCNCC(C)(O)C(C)O)c1C. The molecule has 0 fully saturated rings. The number of ether oxygens (including phenoxy) is 2. The lowest BCUT2D eigenvalue weighted by Gasteiger charge is -2.26. The minimum Gasteiger partial charge on any atom is -0.493 e. The maximum absolute atomic E-state index is 10.1. The molecule has 214 valence electrons. The Bertz CT molecular complexity index is 911. The van der Waals surface area contributed by atoms with Crippen molar-refractivity contribution in [1.29, 1.82) is 0 Å². The molecule has 0 saturated heterocycles. The highest BCUT2D eigenvalue weighted by molar-refractivity contribution is 5.74. The van der Waals surface area contributed by atoms with E-state index in [2.05, 4.69) is 36.6 Å². The quantitative estimate of drug-likeness (QED) is 0.172. The van der Waals surface area contributed by atoms with Crippen molar-refractivity contribution in [2.24, 2.45) is 0 Å². The number of aliphatic hydroxyl groups is 4. The third-order valence-corrected chi connectivity index (χ3v) is 7.14. The fraction of sp³-hybridized carbons (Fsp3) is 0.600.